The van der Waals surface area contributed by atoms with Crippen LogP contribution in [0.25, 0.3) is 0 Å². The molecule has 1 saturated heterocycles. The van der Waals surface area contributed by atoms with Crippen LogP contribution in [0.1, 0.15) is 16.8 Å². The minimum atomic E-state index is -3.97. The van der Waals surface area contributed by atoms with E-state index in [2.05, 4.69) is 4.72 Å². The van der Waals surface area contributed by atoms with Gasteiger partial charge in [0.1, 0.15) is 5.75 Å². The summed E-state index contributed by atoms with van der Waals surface area (Å²) in [5.41, 5.74) is 0.277. The number of methoxy groups -OCH3 is 1. The van der Waals surface area contributed by atoms with Gasteiger partial charge in [-0.05, 0) is 30.3 Å². The maximum Gasteiger partial charge on any atom is 0.347 e. The Bertz CT molecular complexity index is 971. The summed E-state index contributed by atoms with van der Waals surface area (Å²) < 4.78 is 42.7. The first kappa shape index (κ1) is 18.7. The molecular formula is C18H17NO7S. The zero-order chi connectivity index (χ0) is 19.4. The van der Waals surface area contributed by atoms with Crippen molar-refractivity contribution < 1.29 is 32.2 Å². The van der Waals surface area contributed by atoms with E-state index in [-0.39, 0.29) is 29.2 Å². The van der Waals surface area contributed by atoms with Crippen LogP contribution in [0.4, 0.5) is 5.69 Å². The van der Waals surface area contributed by atoms with Gasteiger partial charge in [-0.25, -0.2) is 18.0 Å². The lowest BCUT2D eigenvalue weighted by molar-refractivity contribution is -0.145. The molecule has 1 N–H and O–H groups in total. The summed E-state index contributed by atoms with van der Waals surface area (Å²) in [5, 5.41) is 0. The van der Waals surface area contributed by atoms with Crippen molar-refractivity contribution >= 4 is 27.6 Å². The summed E-state index contributed by atoms with van der Waals surface area (Å²) >= 11 is 0. The Kier molecular flexibility index (Phi) is 5.31. The molecule has 0 bridgehead atoms. The lowest BCUT2D eigenvalue weighted by atomic mass is 10.2. The number of nitrogens with one attached hydrogen (secondary N) is 1. The lowest BCUT2D eigenvalue weighted by Gasteiger charge is -2.12. The first-order valence-electron chi connectivity index (χ1n) is 8.04. The predicted molar refractivity (Wildman–Crippen MR) is 95.0 cm³/mol. The summed E-state index contributed by atoms with van der Waals surface area (Å²) in [6, 6.07) is 11.9. The molecule has 2 aromatic carbocycles. The highest BCUT2D eigenvalue weighted by Gasteiger charge is 2.30. The van der Waals surface area contributed by atoms with Crippen LogP contribution < -0.4 is 9.46 Å². The Morgan fingerprint density at radius 2 is 1.96 bits per heavy atom. The Morgan fingerprint density at radius 1 is 1.19 bits per heavy atom. The molecule has 8 nitrogen and oxygen atoms in total. The summed E-state index contributed by atoms with van der Waals surface area (Å²) in [5.74, 6) is -1.05. The van der Waals surface area contributed by atoms with Crippen molar-refractivity contribution in [2.75, 3.05) is 18.4 Å². The van der Waals surface area contributed by atoms with E-state index in [1.807, 2.05) is 0 Å². The Labute approximate surface area is 156 Å². The Balaban J connectivity index is 1.81. The number of sulfonamides is 1. The highest BCUT2D eigenvalue weighted by molar-refractivity contribution is 7.92. The average Bonchev–Trinajstić information content (AvgIpc) is 3.06. The summed E-state index contributed by atoms with van der Waals surface area (Å²) in [4.78, 5) is 23.5. The van der Waals surface area contributed by atoms with Crippen LogP contribution in [-0.2, 0) is 24.3 Å². The van der Waals surface area contributed by atoms with Crippen LogP contribution in [0.2, 0.25) is 0 Å². The van der Waals surface area contributed by atoms with Gasteiger partial charge in [-0.2, -0.15) is 0 Å². The predicted octanol–water partition coefficient (Wildman–Crippen LogP) is 1.97. The van der Waals surface area contributed by atoms with Gasteiger partial charge in [0.05, 0.1) is 29.9 Å². The number of cyclic esters (lactones) is 1. The molecule has 0 aliphatic carbocycles. The topological polar surface area (TPSA) is 108 Å². The Morgan fingerprint density at radius 3 is 2.67 bits per heavy atom. The molecule has 3 rings (SSSR count). The molecule has 2 aromatic rings. The lowest BCUT2D eigenvalue weighted by Crippen LogP contribution is -2.23. The maximum atomic E-state index is 12.6. The number of benzene rings is 2. The number of esters is 2. The van der Waals surface area contributed by atoms with Gasteiger partial charge in [0, 0.05) is 6.42 Å². The molecular weight excluding hydrogens is 374 g/mol. The third-order valence-corrected chi connectivity index (χ3v) is 5.23. The van der Waals surface area contributed by atoms with Gasteiger partial charge >= 0.3 is 11.9 Å². The second kappa shape index (κ2) is 7.67. The highest BCUT2D eigenvalue weighted by atomic mass is 32.2. The maximum absolute atomic E-state index is 12.6. The highest BCUT2D eigenvalue weighted by Crippen LogP contribution is 2.26. The van der Waals surface area contributed by atoms with Crippen LogP contribution in [0.15, 0.2) is 53.4 Å². The first-order valence-corrected chi connectivity index (χ1v) is 9.52. The van der Waals surface area contributed by atoms with Crippen LogP contribution in [0.3, 0.4) is 0 Å². The molecule has 1 heterocycles. The van der Waals surface area contributed by atoms with Gasteiger partial charge in [-0.15, -0.1) is 0 Å². The molecule has 1 unspecified atom stereocenters. The number of ether oxygens (including phenoxy) is 3. The zero-order valence-electron chi connectivity index (χ0n) is 14.4. The van der Waals surface area contributed by atoms with Gasteiger partial charge < -0.3 is 14.2 Å². The first-order chi connectivity index (χ1) is 12.9. The van der Waals surface area contributed by atoms with Crippen molar-refractivity contribution in [3.8, 4) is 5.75 Å². The van der Waals surface area contributed by atoms with Crippen molar-refractivity contribution in [3.63, 3.8) is 0 Å². The molecule has 0 saturated carbocycles. The number of rotatable bonds is 6. The van der Waals surface area contributed by atoms with Crippen LogP contribution in [-0.4, -0.2) is 40.2 Å². The molecule has 1 aliphatic rings. The van der Waals surface area contributed by atoms with E-state index >= 15 is 0 Å². The van der Waals surface area contributed by atoms with Gasteiger partial charge in [-0.3, -0.25) is 4.72 Å². The number of anilines is 1. The molecule has 1 atom stereocenters. The normalized spacial score (nSPS) is 16.5. The quantitative estimate of drug-likeness (QED) is 0.750. The van der Waals surface area contributed by atoms with E-state index in [9.17, 15) is 18.0 Å². The molecule has 9 heteroatoms. The molecule has 27 heavy (non-hydrogen) atoms. The van der Waals surface area contributed by atoms with Gasteiger partial charge in [0.25, 0.3) is 10.0 Å². The van der Waals surface area contributed by atoms with Crippen molar-refractivity contribution in [2.45, 2.75) is 17.4 Å². The minimum absolute atomic E-state index is 0.0117. The fourth-order valence-corrected chi connectivity index (χ4v) is 3.62. The van der Waals surface area contributed by atoms with Crippen molar-refractivity contribution in [3.05, 3.63) is 54.1 Å². The van der Waals surface area contributed by atoms with E-state index in [0.717, 1.165) is 0 Å². The largest absolute Gasteiger partial charge is 0.495 e. The molecule has 0 amide bonds. The average molecular weight is 391 g/mol. The van der Waals surface area contributed by atoms with E-state index in [4.69, 9.17) is 14.2 Å². The fraction of sp³-hybridized carbons (Fsp3) is 0.222. The molecule has 1 fully saturated rings. The fourth-order valence-electron chi connectivity index (χ4n) is 2.50. The van der Waals surface area contributed by atoms with E-state index in [1.165, 1.54) is 31.4 Å². The second-order valence-corrected chi connectivity index (χ2v) is 7.37. The standard InChI is InChI=1S/C18H17NO7S/c1-24-15-8-3-2-7-14(15)19-27(22,23)13-6-4-5-12(11-13)17(20)26-16-9-10-25-18(16)21/h2-8,11,16,19H,9-10H2,1H3. The van der Waals surface area contributed by atoms with Crippen molar-refractivity contribution in [1.29, 1.82) is 0 Å². The van der Waals surface area contributed by atoms with Gasteiger partial charge in [0.2, 0.25) is 6.10 Å². The summed E-state index contributed by atoms with van der Waals surface area (Å²) in [6.07, 6.45) is -0.692. The van der Waals surface area contributed by atoms with Gasteiger partial charge in [-0.1, -0.05) is 18.2 Å². The SMILES string of the molecule is COc1ccccc1NS(=O)(=O)c1cccc(C(=O)OC2CCOC2=O)c1. The number of carbonyl (C=O) groups is 2. The van der Waals surface area contributed by atoms with Crippen LogP contribution in [0, 0.1) is 0 Å². The summed E-state index contributed by atoms with van der Waals surface area (Å²) in [6.45, 7) is 0.189. The molecule has 0 spiro atoms. The number of carbonyl (C=O) groups excluding carboxylic acids is 2. The number of para-hydroxylation sites is 2. The van der Waals surface area contributed by atoms with E-state index < -0.39 is 28.1 Å². The summed E-state index contributed by atoms with van der Waals surface area (Å²) in [7, 11) is -2.54. The van der Waals surface area contributed by atoms with Crippen LogP contribution >= 0.6 is 0 Å². The third kappa shape index (κ3) is 4.20. The smallest absolute Gasteiger partial charge is 0.347 e. The van der Waals surface area contributed by atoms with E-state index in [0.29, 0.717) is 5.75 Å². The van der Waals surface area contributed by atoms with Gasteiger partial charge in [0.15, 0.2) is 0 Å². The van der Waals surface area contributed by atoms with Crippen molar-refractivity contribution in [2.24, 2.45) is 0 Å². The van der Waals surface area contributed by atoms with E-state index in [1.54, 1.807) is 24.3 Å². The van der Waals surface area contributed by atoms with Crippen LogP contribution in [0.5, 0.6) is 5.75 Å². The molecule has 1 aliphatic heterocycles. The molecule has 0 aromatic heterocycles. The second-order valence-electron chi connectivity index (χ2n) is 5.68. The third-order valence-electron chi connectivity index (χ3n) is 3.87. The Hall–Kier alpha value is -3.07. The number of hydrogen-bond donors (Lipinski definition) is 1. The molecule has 0 radical (unpaired) electrons. The monoisotopic (exact) mass is 391 g/mol. The minimum Gasteiger partial charge on any atom is -0.495 e. The van der Waals surface area contributed by atoms with Crippen molar-refractivity contribution in [1.82, 2.24) is 0 Å². The number of hydrogen-bond acceptors (Lipinski definition) is 7. The molecule has 142 valence electrons. The zero-order valence-corrected chi connectivity index (χ0v) is 15.2.